The van der Waals surface area contributed by atoms with Gasteiger partial charge in [0.1, 0.15) is 0 Å². The van der Waals surface area contributed by atoms with Gasteiger partial charge in [0.05, 0.1) is 6.61 Å². The van der Waals surface area contributed by atoms with Crippen LogP contribution in [0.2, 0.25) is 0 Å². The Hall–Kier alpha value is -1.35. The maximum atomic E-state index is 11.7. The number of carbonyl (C=O) groups is 1. The third-order valence-electron chi connectivity index (χ3n) is 6.39. The quantitative estimate of drug-likeness (QED) is 0.535. The average molecular weight is 402 g/mol. The summed E-state index contributed by atoms with van der Waals surface area (Å²) in [7, 11) is 1.97. The molecule has 0 saturated heterocycles. The maximum absolute atomic E-state index is 11.7. The number of hydrogen-bond acceptors (Lipinski definition) is 3. The first-order valence-corrected chi connectivity index (χ1v) is 11.9. The smallest absolute Gasteiger partial charge is 0.306 e. The molecule has 0 bridgehead atoms. The van der Waals surface area contributed by atoms with E-state index < -0.39 is 0 Å². The fourth-order valence-corrected chi connectivity index (χ4v) is 4.94. The van der Waals surface area contributed by atoms with Gasteiger partial charge in [-0.3, -0.25) is 4.79 Å². The number of benzene rings is 1. The molecule has 29 heavy (non-hydrogen) atoms. The summed E-state index contributed by atoms with van der Waals surface area (Å²) in [5.41, 5.74) is 3.01. The third-order valence-corrected chi connectivity index (χ3v) is 6.39. The minimum atomic E-state index is -0.0188. The van der Waals surface area contributed by atoms with Crippen molar-refractivity contribution in [3.63, 3.8) is 0 Å². The van der Waals surface area contributed by atoms with Crippen LogP contribution in [0.1, 0.15) is 102 Å². The zero-order valence-electron chi connectivity index (χ0n) is 19.2. The van der Waals surface area contributed by atoms with Crippen molar-refractivity contribution in [2.24, 2.45) is 11.8 Å². The lowest BCUT2D eigenvalue weighted by Crippen LogP contribution is -2.18. The van der Waals surface area contributed by atoms with Gasteiger partial charge in [-0.05, 0) is 87.4 Å². The summed E-state index contributed by atoms with van der Waals surface area (Å²) >= 11 is 0. The van der Waals surface area contributed by atoms with Crippen molar-refractivity contribution in [3.8, 4) is 0 Å². The van der Waals surface area contributed by atoms with Crippen LogP contribution in [0.25, 0.3) is 0 Å². The highest BCUT2D eigenvalue weighted by molar-refractivity contribution is 5.69. The maximum Gasteiger partial charge on any atom is 0.306 e. The van der Waals surface area contributed by atoms with E-state index in [2.05, 4.69) is 43.4 Å². The number of esters is 1. The molecule has 2 unspecified atom stereocenters. The van der Waals surface area contributed by atoms with E-state index in [0.717, 1.165) is 24.8 Å². The van der Waals surface area contributed by atoms with E-state index in [0.29, 0.717) is 24.9 Å². The lowest BCUT2D eigenvalue weighted by Gasteiger charge is -2.29. The molecule has 3 heteroatoms. The van der Waals surface area contributed by atoms with Crippen LogP contribution in [0.4, 0.5) is 0 Å². The summed E-state index contributed by atoms with van der Waals surface area (Å²) in [6.07, 6.45) is 10.9. The van der Waals surface area contributed by atoms with Gasteiger partial charge >= 0.3 is 5.97 Å². The first-order valence-electron chi connectivity index (χ1n) is 11.9. The number of ether oxygens (including phenoxy) is 1. The molecule has 0 aliphatic heterocycles. The predicted molar refractivity (Wildman–Crippen MR) is 122 cm³/mol. The van der Waals surface area contributed by atoms with E-state index in [1.165, 1.54) is 56.1 Å². The zero-order valence-corrected chi connectivity index (χ0v) is 19.2. The Bertz CT molecular complexity index is 575. The molecule has 2 saturated carbocycles. The van der Waals surface area contributed by atoms with Crippen LogP contribution in [-0.4, -0.2) is 26.2 Å². The summed E-state index contributed by atoms with van der Waals surface area (Å²) in [6, 6.07) is 9.43. The standard InChI is InChI=1S/C21H30O2.C5H13N/c1-2-23-21(22)15-16-6-5-9-20(14-16)19-12-10-18(11-13-19)17-7-3-4-8-17;1-5(2)4-6-3/h10-13,16-17,20H,2-9,14-15H2,1H3;5-6H,4H2,1-3H3. The third kappa shape index (κ3) is 8.50. The fraction of sp³-hybridized carbons (Fsp3) is 0.731. The Morgan fingerprint density at radius 3 is 2.10 bits per heavy atom. The molecule has 2 fully saturated rings. The topological polar surface area (TPSA) is 38.3 Å². The van der Waals surface area contributed by atoms with Crippen LogP contribution in [0, 0.1) is 11.8 Å². The molecular formula is C26H43NO2. The summed E-state index contributed by atoms with van der Waals surface area (Å²) in [6.45, 7) is 7.89. The van der Waals surface area contributed by atoms with Gasteiger partial charge in [0.15, 0.2) is 0 Å². The molecule has 0 heterocycles. The van der Waals surface area contributed by atoms with Gasteiger partial charge < -0.3 is 10.1 Å². The second kappa shape index (κ2) is 13.1. The Morgan fingerprint density at radius 1 is 1.00 bits per heavy atom. The SMILES string of the molecule is CCOC(=O)CC1CCCC(c2ccc(C3CCCC3)cc2)C1.CNCC(C)C. The Labute approximate surface area is 179 Å². The minimum Gasteiger partial charge on any atom is -0.466 e. The monoisotopic (exact) mass is 401 g/mol. The number of carbonyl (C=O) groups excluding carboxylic acids is 1. The molecule has 164 valence electrons. The van der Waals surface area contributed by atoms with Crippen molar-refractivity contribution in [2.75, 3.05) is 20.2 Å². The lowest BCUT2D eigenvalue weighted by molar-refractivity contribution is -0.144. The predicted octanol–water partition coefficient (Wildman–Crippen LogP) is 6.43. The van der Waals surface area contributed by atoms with Crippen LogP contribution in [-0.2, 0) is 9.53 Å². The molecule has 1 N–H and O–H groups in total. The van der Waals surface area contributed by atoms with E-state index in [4.69, 9.17) is 4.74 Å². The van der Waals surface area contributed by atoms with Crippen molar-refractivity contribution in [1.29, 1.82) is 0 Å². The Kier molecular flexibility index (Phi) is 10.8. The summed E-state index contributed by atoms with van der Waals surface area (Å²) in [5.74, 6) is 2.69. The van der Waals surface area contributed by atoms with Crippen molar-refractivity contribution in [3.05, 3.63) is 35.4 Å². The molecular weight excluding hydrogens is 358 g/mol. The normalized spacial score (nSPS) is 22.2. The molecule has 0 aromatic heterocycles. The van der Waals surface area contributed by atoms with E-state index in [1.807, 2.05) is 14.0 Å². The van der Waals surface area contributed by atoms with Crippen LogP contribution in [0.5, 0.6) is 0 Å². The van der Waals surface area contributed by atoms with Crippen LogP contribution in [0.3, 0.4) is 0 Å². The van der Waals surface area contributed by atoms with Crippen LogP contribution in [0.15, 0.2) is 24.3 Å². The molecule has 2 aliphatic carbocycles. The van der Waals surface area contributed by atoms with Crippen molar-refractivity contribution in [2.45, 2.75) is 90.4 Å². The molecule has 0 spiro atoms. The molecule has 2 aliphatic rings. The number of nitrogens with one attached hydrogen (secondary N) is 1. The fourth-order valence-electron chi connectivity index (χ4n) is 4.94. The first kappa shape index (κ1) is 23.9. The molecule has 3 rings (SSSR count). The van der Waals surface area contributed by atoms with Crippen LogP contribution < -0.4 is 5.32 Å². The van der Waals surface area contributed by atoms with E-state index in [-0.39, 0.29) is 5.97 Å². The summed E-state index contributed by atoms with van der Waals surface area (Å²) in [4.78, 5) is 11.7. The number of rotatable bonds is 7. The first-order chi connectivity index (χ1) is 14.0. The van der Waals surface area contributed by atoms with Crippen molar-refractivity contribution < 1.29 is 9.53 Å². The van der Waals surface area contributed by atoms with Crippen molar-refractivity contribution >= 4 is 5.97 Å². The van der Waals surface area contributed by atoms with Gasteiger partial charge in [0.2, 0.25) is 0 Å². The average Bonchev–Trinajstić information content (AvgIpc) is 3.24. The Morgan fingerprint density at radius 2 is 1.59 bits per heavy atom. The van der Waals surface area contributed by atoms with Gasteiger partial charge in [-0.15, -0.1) is 0 Å². The van der Waals surface area contributed by atoms with E-state index in [1.54, 1.807) is 0 Å². The lowest BCUT2D eigenvalue weighted by atomic mass is 9.76. The summed E-state index contributed by atoms with van der Waals surface area (Å²) < 4.78 is 5.12. The highest BCUT2D eigenvalue weighted by Crippen LogP contribution is 2.39. The molecule has 3 nitrogen and oxygen atoms in total. The second-order valence-electron chi connectivity index (χ2n) is 9.34. The van der Waals surface area contributed by atoms with Gasteiger partial charge in [-0.25, -0.2) is 0 Å². The molecule has 0 radical (unpaired) electrons. The minimum absolute atomic E-state index is 0.0188. The zero-order chi connectivity index (χ0) is 21.1. The van der Waals surface area contributed by atoms with Gasteiger partial charge in [-0.1, -0.05) is 57.4 Å². The van der Waals surface area contributed by atoms with Gasteiger partial charge in [0.25, 0.3) is 0 Å². The molecule has 1 aromatic rings. The molecule has 2 atom stereocenters. The van der Waals surface area contributed by atoms with Crippen molar-refractivity contribution in [1.82, 2.24) is 5.32 Å². The Balaban J connectivity index is 0.000000438. The van der Waals surface area contributed by atoms with Crippen LogP contribution >= 0.6 is 0 Å². The largest absolute Gasteiger partial charge is 0.466 e. The highest BCUT2D eigenvalue weighted by atomic mass is 16.5. The number of hydrogen-bond donors (Lipinski definition) is 1. The van der Waals surface area contributed by atoms with E-state index in [9.17, 15) is 4.79 Å². The highest BCUT2D eigenvalue weighted by Gasteiger charge is 2.26. The second-order valence-corrected chi connectivity index (χ2v) is 9.34. The summed E-state index contributed by atoms with van der Waals surface area (Å²) in [5, 5.41) is 3.07. The van der Waals surface area contributed by atoms with E-state index >= 15 is 0 Å². The van der Waals surface area contributed by atoms with Gasteiger partial charge in [-0.2, -0.15) is 0 Å². The van der Waals surface area contributed by atoms with Gasteiger partial charge in [0, 0.05) is 6.42 Å². The molecule has 1 aromatic carbocycles. The molecule has 0 amide bonds.